The highest BCUT2D eigenvalue weighted by Gasteiger charge is 2.24. The number of aryl methyl sites for hydroxylation is 1. The summed E-state index contributed by atoms with van der Waals surface area (Å²) >= 11 is 5.80. The summed E-state index contributed by atoms with van der Waals surface area (Å²) in [4.78, 5) is 29.0. The summed E-state index contributed by atoms with van der Waals surface area (Å²) < 4.78 is 2.19. The molecule has 0 saturated carbocycles. The van der Waals surface area contributed by atoms with Crippen LogP contribution in [0.25, 0.3) is 0 Å². The molecule has 5 nitrogen and oxygen atoms in total. The highest BCUT2D eigenvalue weighted by molar-refractivity contribution is 6.27. The predicted octanol–water partition coefficient (Wildman–Crippen LogP) is 4.84. The second-order valence-electron chi connectivity index (χ2n) is 8.20. The lowest BCUT2D eigenvalue weighted by Crippen LogP contribution is -2.47. The Hall–Kier alpha value is -2.27. The lowest BCUT2D eigenvalue weighted by molar-refractivity contribution is -0.141. The van der Waals surface area contributed by atoms with Crippen molar-refractivity contribution in [2.45, 2.75) is 66.1 Å². The summed E-state index contributed by atoms with van der Waals surface area (Å²) in [7, 11) is 0. The van der Waals surface area contributed by atoms with E-state index in [1.807, 2.05) is 24.8 Å². The van der Waals surface area contributed by atoms with Crippen LogP contribution in [0, 0.1) is 6.92 Å². The molecule has 0 aliphatic rings. The van der Waals surface area contributed by atoms with Gasteiger partial charge in [-0.2, -0.15) is 0 Å². The molecule has 31 heavy (non-hydrogen) atoms. The molecule has 1 heterocycles. The van der Waals surface area contributed by atoms with E-state index in [1.165, 1.54) is 11.1 Å². The van der Waals surface area contributed by atoms with E-state index in [1.54, 1.807) is 4.90 Å². The number of halogens is 1. The van der Waals surface area contributed by atoms with Gasteiger partial charge in [-0.05, 0) is 44.4 Å². The van der Waals surface area contributed by atoms with E-state index in [2.05, 4.69) is 54.9 Å². The highest BCUT2D eigenvalue weighted by Crippen LogP contribution is 2.14. The van der Waals surface area contributed by atoms with Crippen molar-refractivity contribution in [3.8, 4) is 0 Å². The summed E-state index contributed by atoms with van der Waals surface area (Å²) in [6.45, 7) is 10.2. The zero-order valence-electron chi connectivity index (χ0n) is 19.3. The Morgan fingerprint density at radius 3 is 2.55 bits per heavy atom. The van der Waals surface area contributed by atoms with E-state index < -0.39 is 0 Å². The fourth-order valence-electron chi connectivity index (χ4n) is 3.62. The molecule has 0 fully saturated rings. The monoisotopic (exact) mass is 445 g/mol. The van der Waals surface area contributed by atoms with Gasteiger partial charge >= 0.3 is 0 Å². The maximum absolute atomic E-state index is 13.2. The molecular formula is C25H36ClN3O2. The Balaban J connectivity index is 2.17. The van der Waals surface area contributed by atoms with Crippen molar-refractivity contribution < 1.29 is 9.59 Å². The van der Waals surface area contributed by atoms with Crippen LogP contribution in [0.2, 0.25) is 0 Å². The SMILES string of the molecule is CCCCN(Cc1cccn1Cc1cccc(C)c1)C(=O)CN(C(=O)CCl)C(C)CC. The minimum Gasteiger partial charge on any atom is -0.345 e. The standard InChI is InChI=1S/C25H36ClN3O2/c1-5-7-13-28(25(31)19-29(21(4)6-2)24(30)16-26)18-23-12-9-14-27(23)17-22-11-8-10-20(3)15-22/h8-12,14-15,21H,5-7,13,16-19H2,1-4H3. The number of unbranched alkanes of at least 4 members (excludes halogenated alkanes) is 1. The van der Waals surface area contributed by atoms with E-state index >= 15 is 0 Å². The van der Waals surface area contributed by atoms with Gasteiger partial charge in [0.15, 0.2) is 0 Å². The molecule has 0 saturated heterocycles. The topological polar surface area (TPSA) is 45.6 Å². The molecule has 0 N–H and O–H groups in total. The summed E-state index contributed by atoms with van der Waals surface area (Å²) in [6, 6.07) is 12.5. The summed E-state index contributed by atoms with van der Waals surface area (Å²) in [5.41, 5.74) is 3.56. The van der Waals surface area contributed by atoms with Crippen LogP contribution in [0.3, 0.4) is 0 Å². The van der Waals surface area contributed by atoms with Crippen molar-refractivity contribution >= 4 is 23.4 Å². The van der Waals surface area contributed by atoms with E-state index in [0.29, 0.717) is 13.1 Å². The average molecular weight is 446 g/mol. The van der Waals surface area contributed by atoms with Gasteiger partial charge in [0.25, 0.3) is 0 Å². The van der Waals surface area contributed by atoms with Crippen LogP contribution < -0.4 is 0 Å². The first-order valence-corrected chi connectivity index (χ1v) is 11.8. The number of hydrogen-bond acceptors (Lipinski definition) is 2. The molecule has 1 aromatic heterocycles. The minimum atomic E-state index is -0.192. The summed E-state index contributed by atoms with van der Waals surface area (Å²) in [5.74, 6) is -0.329. The van der Waals surface area contributed by atoms with Gasteiger partial charge in [0, 0.05) is 31.0 Å². The Morgan fingerprint density at radius 2 is 1.90 bits per heavy atom. The number of hydrogen-bond donors (Lipinski definition) is 0. The van der Waals surface area contributed by atoms with E-state index in [0.717, 1.165) is 31.5 Å². The van der Waals surface area contributed by atoms with Crippen LogP contribution in [0.5, 0.6) is 0 Å². The fourth-order valence-corrected chi connectivity index (χ4v) is 3.78. The number of benzene rings is 1. The van der Waals surface area contributed by atoms with Gasteiger partial charge in [0.1, 0.15) is 12.4 Å². The smallest absolute Gasteiger partial charge is 0.242 e. The number of nitrogens with zero attached hydrogens (tertiary/aromatic N) is 3. The van der Waals surface area contributed by atoms with Gasteiger partial charge in [0.05, 0.1) is 6.54 Å². The van der Waals surface area contributed by atoms with Gasteiger partial charge in [0.2, 0.25) is 11.8 Å². The number of amides is 2. The van der Waals surface area contributed by atoms with E-state index in [9.17, 15) is 9.59 Å². The fraction of sp³-hybridized carbons (Fsp3) is 0.520. The molecule has 1 atom stereocenters. The van der Waals surface area contributed by atoms with Crippen molar-refractivity contribution in [2.75, 3.05) is 19.0 Å². The molecular weight excluding hydrogens is 410 g/mol. The van der Waals surface area contributed by atoms with Gasteiger partial charge in [-0.1, -0.05) is 50.1 Å². The first kappa shape index (κ1) is 25.0. The Morgan fingerprint density at radius 1 is 1.13 bits per heavy atom. The number of carbonyl (C=O) groups is 2. The van der Waals surface area contributed by atoms with Crippen LogP contribution in [-0.2, 0) is 22.7 Å². The highest BCUT2D eigenvalue weighted by atomic mass is 35.5. The molecule has 0 bridgehead atoms. The molecule has 0 aliphatic heterocycles. The lowest BCUT2D eigenvalue weighted by Gasteiger charge is -2.31. The van der Waals surface area contributed by atoms with Crippen LogP contribution >= 0.6 is 11.6 Å². The number of aromatic nitrogens is 1. The van der Waals surface area contributed by atoms with E-state index in [4.69, 9.17) is 11.6 Å². The lowest BCUT2D eigenvalue weighted by atomic mass is 10.1. The summed E-state index contributed by atoms with van der Waals surface area (Å²) in [5, 5.41) is 0. The van der Waals surface area contributed by atoms with Crippen molar-refractivity contribution in [3.05, 3.63) is 59.4 Å². The number of rotatable bonds is 12. The molecule has 2 amide bonds. The van der Waals surface area contributed by atoms with E-state index in [-0.39, 0.29) is 30.3 Å². The Labute approximate surface area is 192 Å². The zero-order valence-corrected chi connectivity index (χ0v) is 20.1. The molecule has 1 unspecified atom stereocenters. The third-order valence-corrected chi connectivity index (χ3v) is 5.94. The van der Waals surface area contributed by atoms with Crippen molar-refractivity contribution in [1.82, 2.24) is 14.4 Å². The summed E-state index contributed by atoms with van der Waals surface area (Å²) in [6.07, 6.45) is 4.77. The molecule has 170 valence electrons. The zero-order chi connectivity index (χ0) is 22.8. The van der Waals surface area contributed by atoms with Crippen molar-refractivity contribution in [2.24, 2.45) is 0 Å². The maximum Gasteiger partial charge on any atom is 0.242 e. The Kier molecular flexibility index (Phi) is 10.1. The molecule has 1 aromatic carbocycles. The first-order valence-electron chi connectivity index (χ1n) is 11.2. The van der Waals surface area contributed by atoms with Crippen LogP contribution in [0.15, 0.2) is 42.6 Å². The second kappa shape index (κ2) is 12.6. The normalized spacial score (nSPS) is 11.9. The predicted molar refractivity (Wildman–Crippen MR) is 127 cm³/mol. The largest absolute Gasteiger partial charge is 0.345 e. The first-order chi connectivity index (χ1) is 14.9. The number of alkyl halides is 1. The Bertz CT molecular complexity index is 849. The maximum atomic E-state index is 13.2. The third-order valence-electron chi connectivity index (χ3n) is 5.71. The second-order valence-corrected chi connectivity index (χ2v) is 8.47. The van der Waals surface area contributed by atoms with Gasteiger partial charge in [-0.15, -0.1) is 11.6 Å². The van der Waals surface area contributed by atoms with Crippen LogP contribution in [0.4, 0.5) is 0 Å². The molecule has 2 rings (SSSR count). The third kappa shape index (κ3) is 7.42. The van der Waals surface area contributed by atoms with Crippen LogP contribution in [-0.4, -0.2) is 51.2 Å². The van der Waals surface area contributed by atoms with Gasteiger partial charge < -0.3 is 14.4 Å². The molecule has 6 heteroatoms. The molecule has 0 spiro atoms. The van der Waals surface area contributed by atoms with Gasteiger partial charge in [-0.3, -0.25) is 9.59 Å². The quantitative estimate of drug-likeness (QED) is 0.439. The van der Waals surface area contributed by atoms with Crippen LogP contribution in [0.1, 0.15) is 56.9 Å². The molecule has 0 aliphatic carbocycles. The number of carbonyl (C=O) groups excluding carboxylic acids is 2. The molecule has 0 radical (unpaired) electrons. The average Bonchev–Trinajstić information content (AvgIpc) is 3.20. The van der Waals surface area contributed by atoms with Crippen molar-refractivity contribution in [3.63, 3.8) is 0 Å². The molecule has 2 aromatic rings. The van der Waals surface area contributed by atoms with Gasteiger partial charge in [-0.25, -0.2) is 0 Å². The minimum absolute atomic E-state index is 0.0200. The van der Waals surface area contributed by atoms with Crippen molar-refractivity contribution in [1.29, 1.82) is 0 Å².